The predicted molar refractivity (Wildman–Crippen MR) is 62.4 cm³/mol. The lowest BCUT2D eigenvalue weighted by Crippen LogP contribution is -2.24. The van der Waals surface area contributed by atoms with E-state index < -0.39 is 12.0 Å². The first-order valence-electron chi connectivity index (χ1n) is 5.55. The van der Waals surface area contributed by atoms with E-state index >= 15 is 0 Å². The number of ether oxygens (including phenoxy) is 2. The number of hydrogen-bond acceptors (Lipinski definition) is 4. The van der Waals surface area contributed by atoms with Crippen LogP contribution in [0.25, 0.3) is 0 Å². The summed E-state index contributed by atoms with van der Waals surface area (Å²) >= 11 is 0. The summed E-state index contributed by atoms with van der Waals surface area (Å²) in [5, 5.41) is 11.7. The van der Waals surface area contributed by atoms with Crippen LogP contribution < -0.4 is 14.8 Å². The maximum Gasteiger partial charge on any atom is 0.252 e. The molecule has 17 heavy (non-hydrogen) atoms. The number of carbonyl (C=O) groups excluding carboxylic acids is 1. The molecule has 0 aromatic heterocycles. The Balaban J connectivity index is 2.15. The molecule has 1 amide bonds. The molecule has 0 saturated carbocycles. The number of rotatable bonds is 2. The molecule has 0 saturated heterocycles. The Hall–Kier alpha value is -1.75. The molecule has 5 heteroatoms. The van der Waals surface area contributed by atoms with Gasteiger partial charge < -0.3 is 19.9 Å². The maximum absolute atomic E-state index is 11.3. The Morgan fingerprint density at radius 1 is 1.35 bits per heavy atom. The Bertz CT molecular complexity index is 417. The van der Waals surface area contributed by atoms with Crippen LogP contribution in [0, 0.1) is 0 Å². The van der Waals surface area contributed by atoms with Crippen molar-refractivity contribution < 1.29 is 19.4 Å². The van der Waals surface area contributed by atoms with Crippen molar-refractivity contribution in [2.45, 2.75) is 19.4 Å². The van der Waals surface area contributed by atoms with Gasteiger partial charge in [-0.2, -0.15) is 0 Å². The minimum Gasteiger partial charge on any atom is -0.490 e. The molecule has 92 valence electrons. The topological polar surface area (TPSA) is 67.8 Å². The number of fused-ring (bicyclic) bond motifs is 1. The standard InChI is InChI=1S/C12H15NO4/c1-8(14)12(15)13-9-3-4-10-11(7-9)17-6-2-5-16-10/h3-4,7-8,14H,2,5-6H2,1H3,(H,13,15). The second kappa shape index (κ2) is 5.05. The molecule has 0 radical (unpaired) electrons. The number of nitrogens with one attached hydrogen (secondary N) is 1. The molecule has 0 spiro atoms. The van der Waals surface area contributed by atoms with Gasteiger partial charge in [0.25, 0.3) is 5.91 Å². The van der Waals surface area contributed by atoms with Gasteiger partial charge >= 0.3 is 0 Å². The summed E-state index contributed by atoms with van der Waals surface area (Å²) in [7, 11) is 0. The number of benzene rings is 1. The first kappa shape index (κ1) is 11.7. The maximum atomic E-state index is 11.3. The second-order valence-electron chi connectivity index (χ2n) is 3.88. The van der Waals surface area contributed by atoms with Gasteiger partial charge in [0, 0.05) is 18.2 Å². The number of carbonyl (C=O) groups is 1. The van der Waals surface area contributed by atoms with E-state index in [0.29, 0.717) is 30.4 Å². The molecule has 2 rings (SSSR count). The highest BCUT2D eigenvalue weighted by molar-refractivity contribution is 5.93. The summed E-state index contributed by atoms with van der Waals surface area (Å²) in [5.41, 5.74) is 0.583. The predicted octanol–water partition coefficient (Wildman–Crippen LogP) is 1.17. The lowest BCUT2D eigenvalue weighted by Gasteiger charge is -2.11. The second-order valence-corrected chi connectivity index (χ2v) is 3.88. The average molecular weight is 237 g/mol. The lowest BCUT2D eigenvalue weighted by atomic mass is 10.2. The highest BCUT2D eigenvalue weighted by atomic mass is 16.5. The van der Waals surface area contributed by atoms with Gasteiger partial charge in [-0.1, -0.05) is 0 Å². The molecule has 1 heterocycles. The molecule has 1 aliphatic rings. The SMILES string of the molecule is CC(O)C(=O)Nc1ccc2c(c1)OCCCO2. The van der Waals surface area contributed by atoms with E-state index in [2.05, 4.69) is 5.32 Å². The summed E-state index contributed by atoms with van der Waals surface area (Å²) < 4.78 is 11.0. The molecule has 1 atom stereocenters. The van der Waals surface area contributed by atoms with Crippen LogP contribution in [0.5, 0.6) is 11.5 Å². The largest absolute Gasteiger partial charge is 0.490 e. The van der Waals surface area contributed by atoms with E-state index in [4.69, 9.17) is 14.6 Å². The van der Waals surface area contributed by atoms with Crippen LogP contribution in [0.15, 0.2) is 18.2 Å². The van der Waals surface area contributed by atoms with Crippen molar-refractivity contribution in [1.29, 1.82) is 0 Å². The fraction of sp³-hybridized carbons (Fsp3) is 0.417. The van der Waals surface area contributed by atoms with E-state index in [-0.39, 0.29) is 0 Å². The fourth-order valence-corrected chi connectivity index (χ4v) is 1.49. The van der Waals surface area contributed by atoms with Crippen LogP contribution in [0.3, 0.4) is 0 Å². The van der Waals surface area contributed by atoms with Crippen molar-refractivity contribution in [2.75, 3.05) is 18.5 Å². The van der Waals surface area contributed by atoms with Crippen LogP contribution in [0.2, 0.25) is 0 Å². The Morgan fingerprint density at radius 2 is 2.06 bits per heavy atom. The van der Waals surface area contributed by atoms with Crippen molar-refractivity contribution in [3.63, 3.8) is 0 Å². The molecule has 5 nitrogen and oxygen atoms in total. The van der Waals surface area contributed by atoms with Crippen LogP contribution >= 0.6 is 0 Å². The van der Waals surface area contributed by atoms with Gasteiger partial charge in [0.15, 0.2) is 11.5 Å². The van der Waals surface area contributed by atoms with E-state index in [0.717, 1.165) is 6.42 Å². The van der Waals surface area contributed by atoms with Crippen LogP contribution in [0.4, 0.5) is 5.69 Å². The molecule has 1 aromatic carbocycles. The van der Waals surface area contributed by atoms with Gasteiger partial charge in [0.1, 0.15) is 6.10 Å². The van der Waals surface area contributed by atoms with Crippen molar-refractivity contribution in [1.82, 2.24) is 0 Å². The molecule has 1 aliphatic heterocycles. The number of aliphatic hydroxyl groups excluding tert-OH is 1. The van der Waals surface area contributed by atoms with Crippen LogP contribution in [0.1, 0.15) is 13.3 Å². The molecule has 1 aromatic rings. The third-order valence-electron chi connectivity index (χ3n) is 2.39. The third-order valence-corrected chi connectivity index (χ3v) is 2.39. The molecule has 2 N–H and O–H groups in total. The fourth-order valence-electron chi connectivity index (χ4n) is 1.49. The molecule has 0 aliphatic carbocycles. The average Bonchev–Trinajstić information content (AvgIpc) is 2.53. The zero-order valence-electron chi connectivity index (χ0n) is 9.60. The van der Waals surface area contributed by atoms with Crippen LogP contribution in [-0.4, -0.2) is 30.3 Å². The zero-order chi connectivity index (χ0) is 12.3. The normalized spacial score (nSPS) is 15.9. The smallest absolute Gasteiger partial charge is 0.252 e. The first-order valence-corrected chi connectivity index (χ1v) is 5.55. The third kappa shape index (κ3) is 2.88. The number of hydrogen-bond donors (Lipinski definition) is 2. The van der Waals surface area contributed by atoms with E-state index in [1.54, 1.807) is 18.2 Å². The van der Waals surface area contributed by atoms with E-state index in [1.165, 1.54) is 6.92 Å². The minimum atomic E-state index is -1.04. The molecule has 0 fully saturated rings. The van der Waals surface area contributed by atoms with Gasteiger partial charge in [-0.05, 0) is 19.1 Å². The molecular formula is C12H15NO4. The quantitative estimate of drug-likeness (QED) is 0.810. The number of anilines is 1. The number of aliphatic hydroxyl groups is 1. The summed E-state index contributed by atoms with van der Waals surface area (Å²) in [6.45, 7) is 2.64. The Labute approximate surface area is 99.3 Å². The van der Waals surface area contributed by atoms with Gasteiger partial charge in [0.2, 0.25) is 0 Å². The summed E-state index contributed by atoms with van der Waals surface area (Å²) in [6, 6.07) is 5.16. The molecule has 0 bridgehead atoms. The van der Waals surface area contributed by atoms with Gasteiger partial charge in [-0.25, -0.2) is 0 Å². The van der Waals surface area contributed by atoms with Crippen LogP contribution in [-0.2, 0) is 4.79 Å². The van der Waals surface area contributed by atoms with E-state index in [1.807, 2.05) is 0 Å². The summed E-state index contributed by atoms with van der Waals surface area (Å²) in [4.78, 5) is 11.3. The Kier molecular flexibility index (Phi) is 3.49. The van der Waals surface area contributed by atoms with Crippen molar-refractivity contribution in [3.05, 3.63) is 18.2 Å². The summed E-state index contributed by atoms with van der Waals surface area (Å²) in [5.74, 6) is 0.850. The summed E-state index contributed by atoms with van der Waals surface area (Å²) in [6.07, 6.45) is -0.199. The first-order chi connectivity index (χ1) is 8.16. The minimum absolute atomic E-state index is 0.445. The number of amides is 1. The van der Waals surface area contributed by atoms with Gasteiger partial charge in [0.05, 0.1) is 13.2 Å². The van der Waals surface area contributed by atoms with Crippen molar-refractivity contribution >= 4 is 11.6 Å². The van der Waals surface area contributed by atoms with E-state index in [9.17, 15) is 4.79 Å². The highest BCUT2D eigenvalue weighted by Crippen LogP contribution is 2.32. The zero-order valence-corrected chi connectivity index (χ0v) is 9.60. The van der Waals surface area contributed by atoms with Crippen molar-refractivity contribution in [3.8, 4) is 11.5 Å². The Morgan fingerprint density at radius 3 is 2.76 bits per heavy atom. The van der Waals surface area contributed by atoms with Crippen molar-refractivity contribution in [2.24, 2.45) is 0 Å². The molecule has 1 unspecified atom stereocenters. The monoisotopic (exact) mass is 237 g/mol. The lowest BCUT2D eigenvalue weighted by molar-refractivity contribution is -0.123. The highest BCUT2D eigenvalue weighted by Gasteiger charge is 2.13. The van der Waals surface area contributed by atoms with Gasteiger partial charge in [-0.15, -0.1) is 0 Å². The van der Waals surface area contributed by atoms with Gasteiger partial charge in [-0.3, -0.25) is 4.79 Å². The molecular weight excluding hydrogens is 222 g/mol.